The molecule has 0 bridgehead atoms. The highest BCUT2D eigenvalue weighted by Gasteiger charge is 2.29. The standard InChI is InChI=1S/C15H18N2O2/c1-10(2)12-5-3-4-6-13(12)18-9-14-16-15(19-17-14)11-7-8-11/h3-6,10-11H,7-9H2,1-2H3. The molecule has 1 fully saturated rings. The molecule has 1 heterocycles. The van der Waals surface area contributed by atoms with E-state index in [0.717, 1.165) is 11.6 Å². The van der Waals surface area contributed by atoms with E-state index in [1.807, 2.05) is 18.2 Å². The van der Waals surface area contributed by atoms with Crippen molar-refractivity contribution in [3.63, 3.8) is 0 Å². The van der Waals surface area contributed by atoms with E-state index in [1.165, 1.54) is 18.4 Å². The molecule has 0 spiro atoms. The lowest BCUT2D eigenvalue weighted by atomic mass is 10.0. The fourth-order valence-electron chi connectivity index (χ4n) is 2.05. The number of hydrogen-bond donors (Lipinski definition) is 0. The molecular weight excluding hydrogens is 240 g/mol. The molecule has 0 aliphatic heterocycles. The molecule has 2 aromatic rings. The van der Waals surface area contributed by atoms with Gasteiger partial charge in [0.2, 0.25) is 11.7 Å². The maximum absolute atomic E-state index is 5.81. The summed E-state index contributed by atoms with van der Waals surface area (Å²) in [4.78, 5) is 4.36. The lowest BCUT2D eigenvalue weighted by Crippen LogP contribution is -2.01. The molecule has 0 amide bonds. The van der Waals surface area contributed by atoms with Gasteiger partial charge in [0.25, 0.3) is 0 Å². The van der Waals surface area contributed by atoms with Crippen LogP contribution in [0.5, 0.6) is 5.75 Å². The first kappa shape index (κ1) is 12.2. The zero-order chi connectivity index (χ0) is 13.2. The van der Waals surface area contributed by atoms with Crippen molar-refractivity contribution in [3.05, 3.63) is 41.5 Å². The van der Waals surface area contributed by atoms with E-state index in [0.29, 0.717) is 24.3 Å². The number of aromatic nitrogens is 2. The molecule has 0 atom stereocenters. The van der Waals surface area contributed by atoms with Crippen LogP contribution in [0, 0.1) is 0 Å². The van der Waals surface area contributed by atoms with Gasteiger partial charge in [-0.05, 0) is 30.4 Å². The van der Waals surface area contributed by atoms with E-state index in [1.54, 1.807) is 0 Å². The highest BCUT2D eigenvalue weighted by atomic mass is 16.5. The third kappa shape index (κ3) is 2.78. The van der Waals surface area contributed by atoms with Crippen LogP contribution in [0.4, 0.5) is 0 Å². The molecule has 1 aromatic heterocycles. The number of benzene rings is 1. The van der Waals surface area contributed by atoms with Crippen molar-refractivity contribution in [2.24, 2.45) is 0 Å². The van der Waals surface area contributed by atoms with Crippen molar-refractivity contribution < 1.29 is 9.26 Å². The van der Waals surface area contributed by atoms with E-state index in [-0.39, 0.29) is 0 Å². The largest absolute Gasteiger partial charge is 0.485 e. The Morgan fingerprint density at radius 3 is 2.84 bits per heavy atom. The van der Waals surface area contributed by atoms with Gasteiger partial charge in [0.1, 0.15) is 5.75 Å². The normalized spacial score (nSPS) is 14.9. The molecule has 1 saturated carbocycles. The van der Waals surface area contributed by atoms with Crippen LogP contribution in [0.15, 0.2) is 28.8 Å². The summed E-state index contributed by atoms with van der Waals surface area (Å²) in [5.41, 5.74) is 1.20. The molecule has 100 valence electrons. The number of hydrogen-bond acceptors (Lipinski definition) is 4. The Kier molecular flexibility index (Phi) is 3.23. The Bertz CT molecular complexity index is 559. The topological polar surface area (TPSA) is 48.2 Å². The summed E-state index contributed by atoms with van der Waals surface area (Å²) in [6, 6.07) is 8.08. The van der Waals surface area contributed by atoms with E-state index < -0.39 is 0 Å². The van der Waals surface area contributed by atoms with Gasteiger partial charge in [-0.3, -0.25) is 0 Å². The molecule has 1 aliphatic carbocycles. The maximum atomic E-state index is 5.81. The van der Waals surface area contributed by atoms with Crippen molar-refractivity contribution in [1.29, 1.82) is 0 Å². The lowest BCUT2D eigenvalue weighted by Gasteiger charge is -2.12. The molecule has 1 aliphatic rings. The van der Waals surface area contributed by atoms with Crippen LogP contribution in [0.25, 0.3) is 0 Å². The van der Waals surface area contributed by atoms with Gasteiger partial charge >= 0.3 is 0 Å². The number of ether oxygens (including phenoxy) is 1. The molecule has 1 aromatic carbocycles. The third-order valence-electron chi connectivity index (χ3n) is 3.31. The Morgan fingerprint density at radius 2 is 2.11 bits per heavy atom. The molecule has 0 unspecified atom stereocenters. The predicted molar refractivity (Wildman–Crippen MR) is 71.1 cm³/mol. The van der Waals surface area contributed by atoms with Crippen molar-refractivity contribution in [2.45, 2.75) is 45.1 Å². The monoisotopic (exact) mass is 258 g/mol. The average Bonchev–Trinajstić information content (AvgIpc) is 3.16. The SMILES string of the molecule is CC(C)c1ccccc1OCc1noc(C2CC2)n1. The number of rotatable bonds is 5. The molecule has 4 nitrogen and oxygen atoms in total. The maximum Gasteiger partial charge on any atom is 0.229 e. The Balaban J connectivity index is 1.67. The summed E-state index contributed by atoms with van der Waals surface area (Å²) < 4.78 is 11.0. The quantitative estimate of drug-likeness (QED) is 0.821. The first-order chi connectivity index (χ1) is 9.24. The Labute approximate surface area is 112 Å². The van der Waals surface area contributed by atoms with Crippen molar-refractivity contribution in [3.8, 4) is 5.75 Å². The second-order valence-corrected chi connectivity index (χ2v) is 5.30. The Hall–Kier alpha value is -1.84. The highest BCUT2D eigenvalue weighted by molar-refractivity contribution is 5.35. The van der Waals surface area contributed by atoms with Gasteiger partial charge in [-0.2, -0.15) is 4.98 Å². The zero-order valence-electron chi connectivity index (χ0n) is 11.3. The van der Waals surface area contributed by atoms with E-state index in [4.69, 9.17) is 9.26 Å². The fraction of sp³-hybridized carbons (Fsp3) is 0.467. The summed E-state index contributed by atoms with van der Waals surface area (Å²) in [5, 5.41) is 3.96. The van der Waals surface area contributed by atoms with E-state index in [9.17, 15) is 0 Å². The third-order valence-corrected chi connectivity index (χ3v) is 3.31. The Morgan fingerprint density at radius 1 is 1.32 bits per heavy atom. The summed E-state index contributed by atoms with van der Waals surface area (Å²) in [6.07, 6.45) is 2.33. The lowest BCUT2D eigenvalue weighted by molar-refractivity contribution is 0.281. The van der Waals surface area contributed by atoms with Gasteiger partial charge in [0.05, 0.1) is 0 Å². The molecule has 0 N–H and O–H groups in total. The van der Waals surface area contributed by atoms with E-state index >= 15 is 0 Å². The van der Waals surface area contributed by atoms with Gasteiger partial charge in [-0.15, -0.1) is 0 Å². The second-order valence-electron chi connectivity index (χ2n) is 5.30. The summed E-state index contributed by atoms with van der Waals surface area (Å²) in [6.45, 7) is 4.67. The van der Waals surface area contributed by atoms with Crippen LogP contribution in [0.3, 0.4) is 0 Å². The van der Waals surface area contributed by atoms with Crippen LogP contribution in [-0.4, -0.2) is 10.1 Å². The van der Waals surface area contributed by atoms with Gasteiger partial charge in [-0.1, -0.05) is 37.2 Å². The summed E-state index contributed by atoms with van der Waals surface area (Å²) in [5.74, 6) is 3.21. The smallest absolute Gasteiger partial charge is 0.229 e. The number of para-hydroxylation sites is 1. The molecule has 3 rings (SSSR count). The van der Waals surface area contributed by atoms with Crippen LogP contribution in [0.2, 0.25) is 0 Å². The zero-order valence-corrected chi connectivity index (χ0v) is 11.3. The molecular formula is C15H18N2O2. The van der Waals surface area contributed by atoms with Crippen LogP contribution < -0.4 is 4.74 Å². The van der Waals surface area contributed by atoms with Gasteiger partial charge in [0.15, 0.2) is 6.61 Å². The molecule has 4 heteroatoms. The number of nitrogens with zero attached hydrogens (tertiary/aromatic N) is 2. The van der Waals surface area contributed by atoms with Crippen LogP contribution in [0.1, 0.15) is 55.8 Å². The molecule has 0 saturated heterocycles. The van der Waals surface area contributed by atoms with Crippen molar-refractivity contribution in [2.75, 3.05) is 0 Å². The molecule has 0 radical (unpaired) electrons. The fourth-order valence-corrected chi connectivity index (χ4v) is 2.05. The minimum Gasteiger partial charge on any atom is -0.485 e. The average molecular weight is 258 g/mol. The minimum absolute atomic E-state index is 0.361. The van der Waals surface area contributed by atoms with E-state index in [2.05, 4.69) is 30.1 Å². The molecule has 19 heavy (non-hydrogen) atoms. The predicted octanol–water partition coefficient (Wildman–Crippen LogP) is 3.65. The van der Waals surface area contributed by atoms with Gasteiger partial charge < -0.3 is 9.26 Å². The first-order valence-electron chi connectivity index (χ1n) is 6.78. The highest BCUT2D eigenvalue weighted by Crippen LogP contribution is 2.38. The summed E-state index contributed by atoms with van der Waals surface area (Å²) >= 11 is 0. The van der Waals surface area contributed by atoms with Gasteiger partial charge in [0, 0.05) is 5.92 Å². The van der Waals surface area contributed by atoms with Crippen LogP contribution >= 0.6 is 0 Å². The second kappa shape index (κ2) is 5.03. The van der Waals surface area contributed by atoms with Crippen LogP contribution in [-0.2, 0) is 6.61 Å². The summed E-state index contributed by atoms with van der Waals surface area (Å²) in [7, 11) is 0. The van der Waals surface area contributed by atoms with Gasteiger partial charge in [-0.25, -0.2) is 0 Å². The first-order valence-corrected chi connectivity index (χ1v) is 6.78. The van der Waals surface area contributed by atoms with Crippen molar-refractivity contribution >= 4 is 0 Å². The van der Waals surface area contributed by atoms with Crippen molar-refractivity contribution in [1.82, 2.24) is 10.1 Å². The minimum atomic E-state index is 0.361.